The summed E-state index contributed by atoms with van der Waals surface area (Å²) in [7, 11) is 0. The fraction of sp³-hybridized carbons (Fsp3) is 0.583. The maximum atomic E-state index is 11.5. The Morgan fingerprint density at radius 2 is 2.05 bits per heavy atom. The summed E-state index contributed by atoms with van der Waals surface area (Å²) in [5, 5.41) is 30.9. The number of aliphatic carboxylic acids is 1. The first-order chi connectivity index (χ1) is 9.61. The molecule has 0 saturated heterocycles. The van der Waals surface area contributed by atoms with Crippen LogP contribution >= 0.6 is 0 Å². The third-order valence-electron chi connectivity index (χ3n) is 2.09. The fourth-order valence-electron chi connectivity index (χ4n) is 1.16. The topological polar surface area (TPSA) is 132 Å². The highest BCUT2D eigenvalue weighted by atomic mass is 16.5. The number of aliphatic hydroxyl groups excluding tert-OH is 1. The van der Waals surface area contributed by atoms with E-state index >= 15 is 0 Å². The van der Waals surface area contributed by atoms with Gasteiger partial charge in [-0.25, -0.2) is 0 Å². The number of rotatable bonds is 11. The number of nitrogens with zero attached hydrogens (tertiary/aromatic N) is 1. The minimum Gasteiger partial charge on any atom is -0.481 e. The van der Waals surface area contributed by atoms with Crippen LogP contribution in [0.25, 0.3) is 0 Å². The fourth-order valence-corrected chi connectivity index (χ4v) is 1.16. The van der Waals surface area contributed by atoms with E-state index in [2.05, 4.69) is 10.6 Å². The molecule has 0 aliphatic heterocycles. The molecule has 20 heavy (non-hydrogen) atoms. The van der Waals surface area contributed by atoms with Crippen LogP contribution in [0.5, 0.6) is 0 Å². The van der Waals surface area contributed by atoms with Crippen LogP contribution in [0, 0.1) is 11.3 Å². The van der Waals surface area contributed by atoms with Crippen molar-refractivity contribution in [1.29, 1.82) is 5.26 Å². The Kier molecular flexibility index (Phi) is 10.7. The number of nitrogens with one attached hydrogen (secondary N) is 2. The number of nitriles is 1. The molecule has 0 saturated carbocycles. The molecule has 4 N–H and O–H groups in total. The zero-order valence-corrected chi connectivity index (χ0v) is 11.1. The molecule has 112 valence electrons. The number of carbonyl (C=O) groups is 2. The quantitative estimate of drug-likeness (QED) is 0.217. The Bertz CT molecular complexity index is 376. The summed E-state index contributed by atoms with van der Waals surface area (Å²) in [6, 6.07) is 1.74. The molecule has 0 aromatic heterocycles. The van der Waals surface area contributed by atoms with Crippen molar-refractivity contribution in [3.8, 4) is 6.07 Å². The number of ether oxygens (including phenoxy) is 1. The van der Waals surface area contributed by atoms with Gasteiger partial charge in [-0.2, -0.15) is 5.26 Å². The van der Waals surface area contributed by atoms with E-state index in [1.54, 1.807) is 6.07 Å². The lowest BCUT2D eigenvalue weighted by atomic mass is 10.2. The molecule has 0 bridgehead atoms. The largest absolute Gasteiger partial charge is 0.481 e. The maximum Gasteiger partial charge on any atom is 0.303 e. The van der Waals surface area contributed by atoms with Crippen molar-refractivity contribution in [3.05, 3.63) is 11.8 Å². The molecular weight excluding hydrogens is 266 g/mol. The summed E-state index contributed by atoms with van der Waals surface area (Å²) in [6.45, 7) is 1.12. The average Bonchev–Trinajstić information content (AvgIpc) is 2.42. The van der Waals surface area contributed by atoms with Gasteiger partial charge in [-0.05, 0) is 6.42 Å². The van der Waals surface area contributed by atoms with Crippen LogP contribution in [0.2, 0.25) is 0 Å². The number of carboxylic acid groups (broad SMARTS) is 1. The number of amides is 1. The molecule has 0 aliphatic carbocycles. The minimum absolute atomic E-state index is 0.0354. The number of hydrogen-bond donors (Lipinski definition) is 4. The van der Waals surface area contributed by atoms with Crippen molar-refractivity contribution in [2.75, 3.05) is 32.9 Å². The molecule has 1 amide bonds. The lowest BCUT2D eigenvalue weighted by Crippen LogP contribution is -2.27. The molecule has 0 spiro atoms. The van der Waals surface area contributed by atoms with Crippen molar-refractivity contribution in [2.24, 2.45) is 0 Å². The minimum atomic E-state index is -0.931. The molecule has 0 fully saturated rings. The van der Waals surface area contributed by atoms with Gasteiger partial charge >= 0.3 is 5.97 Å². The van der Waals surface area contributed by atoms with Gasteiger partial charge in [0.15, 0.2) is 0 Å². The van der Waals surface area contributed by atoms with E-state index in [1.165, 1.54) is 6.20 Å². The van der Waals surface area contributed by atoms with Gasteiger partial charge in [-0.3, -0.25) is 9.59 Å². The van der Waals surface area contributed by atoms with E-state index in [9.17, 15) is 9.59 Å². The molecule has 0 radical (unpaired) electrons. The summed E-state index contributed by atoms with van der Waals surface area (Å²) in [6.07, 6.45) is 1.55. The highest BCUT2D eigenvalue weighted by Gasteiger charge is 2.07. The predicted octanol–water partition coefficient (Wildman–Crippen LogP) is -1.03. The van der Waals surface area contributed by atoms with Crippen LogP contribution in [-0.2, 0) is 14.3 Å². The molecule has 0 heterocycles. The Labute approximate surface area is 117 Å². The SMILES string of the molecule is N#C/C(=C/NCCOCCO)C(=O)NCCCC(=O)O. The second kappa shape index (κ2) is 12.0. The van der Waals surface area contributed by atoms with E-state index < -0.39 is 11.9 Å². The van der Waals surface area contributed by atoms with Gasteiger partial charge in [0, 0.05) is 25.7 Å². The van der Waals surface area contributed by atoms with Crippen LogP contribution in [0.3, 0.4) is 0 Å². The maximum absolute atomic E-state index is 11.5. The third kappa shape index (κ3) is 9.87. The third-order valence-corrected chi connectivity index (χ3v) is 2.09. The van der Waals surface area contributed by atoms with Gasteiger partial charge in [0.05, 0.1) is 19.8 Å². The van der Waals surface area contributed by atoms with Gasteiger partial charge in [-0.1, -0.05) is 0 Å². The first kappa shape index (κ1) is 17.9. The predicted molar refractivity (Wildman–Crippen MR) is 69.5 cm³/mol. The molecule has 8 nitrogen and oxygen atoms in total. The Morgan fingerprint density at radius 1 is 1.30 bits per heavy atom. The van der Waals surface area contributed by atoms with Gasteiger partial charge in [0.25, 0.3) is 5.91 Å². The van der Waals surface area contributed by atoms with E-state index in [0.29, 0.717) is 19.6 Å². The van der Waals surface area contributed by atoms with Crippen LogP contribution in [-0.4, -0.2) is 55.0 Å². The first-order valence-corrected chi connectivity index (χ1v) is 6.14. The lowest BCUT2D eigenvalue weighted by molar-refractivity contribution is -0.137. The molecule has 0 aromatic rings. The van der Waals surface area contributed by atoms with Crippen LogP contribution in [0.1, 0.15) is 12.8 Å². The molecule has 0 unspecified atom stereocenters. The summed E-state index contributed by atoms with van der Waals surface area (Å²) in [5.74, 6) is -1.48. The average molecular weight is 285 g/mol. The van der Waals surface area contributed by atoms with Crippen molar-refractivity contribution in [2.45, 2.75) is 12.8 Å². The number of hydrogen-bond acceptors (Lipinski definition) is 6. The number of carboxylic acids is 1. The Morgan fingerprint density at radius 3 is 2.65 bits per heavy atom. The van der Waals surface area contributed by atoms with Crippen LogP contribution < -0.4 is 10.6 Å². The molecule has 8 heteroatoms. The molecular formula is C12H19N3O5. The summed E-state index contributed by atoms with van der Waals surface area (Å²) >= 11 is 0. The van der Waals surface area contributed by atoms with E-state index in [4.69, 9.17) is 20.2 Å². The van der Waals surface area contributed by atoms with Gasteiger partial charge in [0.1, 0.15) is 11.6 Å². The second-order valence-corrected chi connectivity index (χ2v) is 3.71. The molecule has 0 atom stereocenters. The summed E-state index contributed by atoms with van der Waals surface area (Å²) < 4.78 is 4.98. The van der Waals surface area contributed by atoms with Crippen LogP contribution in [0.15, 0.2) is 11.8 Å². The van der Waals surface area contributed by atoms with E-state index in [1.807, 2.05) is 0 Å². The van der Waals surface area contributed by atoms with Crippen molar-refractivity contribution >= 4 is 11.9 Å². The van der Waals surface area contributed by atoms with Gasteiger partial charge in [0.2, 0.25) is 0 Å². The highest BCUT2D eigenvalue weighted by molar-refractivity contribution is 5.97. The summed E-state index contributed by atoms with van der Waals surface area (Å²) in [4.78, 5) is 21.8. The van der Waals surface area contributed by atoms with E-state index in [-0.39, 0.29) is 31.8 Å². The van der Waals surface area contributed by atoms with Crippen molar-refractivity contribution in [3.63, 3.8) is 0 Å². The van der Waals surface area contributed by atoms with Crippen molar-refractivity contribution < 1.29 is 24.5 Å². The molecule has 0 rings (SSSR count). The van der Waals surface area contributed by atoms with Gasteiger partial charge < -0.3 is 25.6 Å². The van der Waals surface area contributed by atoms with E-state index in [0.717, 1.165) is 0 Å². The zero-order valence-electron chi connectivity index (χ0n) is 11.1. The second-order valence-electron chi connectivity index (χ2n) is 3.71. The highest BCUT2D eigenvalue weighted by Crippen LogP contribution is 1.92. The monoisotopic (exact) mass is 285 g/mol. The molecule has 0 aliphatic rings. The lowest BCUT2D eigenvalue weighted by Gasteiger charge is -2.04. The standard InChI is InChI=1S/C12H19N3O5/c13-8-10(9-14-4-6-20-7-5-16)12(19)15-3-1-2-11(17)18/h9,14,16H,1-7H2,(H,15,19)(H,17,18)/b10-9-. The molecule has 0 aromatic carbocycles. The van der Waals surface area contributed by atoms with Crippen molar-refractivity contribution in [1.82, 2.24) is 10.6 Å². The van der Waals surface area contributed by atoms with Crippen LogP contribution in [0.4, 0.5) is 0 Å². The number of aliphatic hydroxyl groups is 1. The smallest absolute Gasteiger partial charge is 0.303 e. The Balaban J connectivity index is 3.89. The normalized spacial score (nSPS) is 10.7. The van der Waals surface area contributed by atoms with Gasteiger partial charge in [-0.15, -0.1) is 0 Å². The first-order valence-electron chi connectivity index (χ1n) is 6.14. The zero-order chi connectivity index (χ0) is 15.2. The summed E-state index contributed by atoms with van der Waals surface area (Å²) in [5.41, 5.74) is -0.0949. The number of carbonyl (C=O) groups excluding carboxylic acids is 1. The Hall–Kier alpha value is -2.11.